The molecule has 0 amide bonds. The van der Waals surface area contributed by atoms with Crippen LogP contribution in [0, 0.1) is 12.8 Å². The standard InChI is InChI=1S/C14H24ClN3/c1-7-9(2)8-16-12-10(3)11(15)17-13(18-12)14(4,5)6/h9H,7-8H2,1-6H3,(H,16,17,18). The highest BCUT2D eigenvalue weighted by Gasteiger charge is 2.20. The molecule has 1 unspecified atom stereocenters. The van der Waals surface area contributed by atoms with Crippen LogP contribution in [0.3, 0.4) is 0 Å². The van der Waals surface area contributed by atoms with Gasteiger partial charge in [-0.3, -0.25) is 0 Å². The van der Waals surface area contributed by atoms with Crippen LogP contribution in [0.1, 0.15) is 52.4 Å². The molecule has 0 aliphatic carbocycles. The van der Waals surface area contributed by atoms with Crippen LogP contribution in [0.15, 0.2) is 0 Å². The smallest absolute Gasteiger partial charge is 0.137 e. The second-order valence-corrected chi connectivity index (χ2v) is 6.31. The van der Waals surface area contributed by atoms with Crippen LogP contribution in [-0.4, -0.2) is 16.5 Å². The topological polar surface area (TPSA) is 37.8 Å². The van der Waals surface area contributed by atoms with Gasteiger partial charge in [0.25, 0.3) is 0 Å². The average Bonchev–Trinajstić information content (AvgIpc) is 2.28. The van der Waals surface area contributed by atoms with Gasteiger partial charge in [-0.05, 0) is 12.8 Å². The number of nitrogens with zero attached hydrogens (tertiary/aromatic N) is 2. The third-order valence-electron chi connectivity index (χ3n) is 3.07. The lowest BCUT2D eigenvalue weighted by Gasteiger charge is -2.20. The summed E-state index contributed by atoms with van der Waals surface area (Å²) in [6.07, 6.45) is 1.15. The molecule has 0 bridgehead atoms. The summed E-state index contributed by atoms with van der Waals surface area (Å²) in [5.74, 6) is 2.27. The zero-order valence-electron chi connectivity index (χ0n) is 12.3. The van der Waals surface area contributed by atoms with Crippen LogP contribution >= 0.6 is 11.6 Å². The van der Waals surface area contributed by atoms with Crippen molar-refractivity contribution in [2.75, 3.05) is 11.9 Å². The van der Waals surface area contributed by atoms with Crippen molar-refractivity contribution < 1.29 is 0 Å². The third kappa shape index (κ3) is 3.84. The maximum atomic E-state index is 6.18. The minimum atomic E-state index is -0.0931. The Balaban J connectivity index is 3.00. The molecule has 0 aromatic carbocycles. The van der Waals surface area contributed by atoms with Gasteiger partial charge in [-0.2, -0.15) is 0 Å². The lowest BCUT2D eigenvalue weighted by molar-refractivity contribution is 0.543. The number of halogens is 1. The number of aromatic nitrogens is 2. The molecule has 0 fully saturated rings. The van der Waals surface area contributed by atoms with Gasteiger partial charge >= 0.3 is 0 Å². The molecule has 102 valence electrons. The number of nitrogens with one attached hydrogen (secondary N) is 1. The van der Waals surface area contributed by atoms with E-state index in [0.29, 0.717) is 11.1 Å². The fraction of sp³-hybridized carbons (Fsp3) is 0.714. The Morgan fingerprint density at radius 3 is 2.39 bits per heavy atom. The lowest BCUT2D eigenvalue weighted by Crippen LogP contribution is -2.19. The molecule has 3 nitrogen and oxygen atoms in total. The van der Waals surface area contributed by atoms with Crippen LogP contribution in [0.4, 0.5) is 5.82 Å². The van der Waals surface area contributed by atoms with E-state index in [4.69, 9.17) is 11.6 Å². The van der Waals surface area contributed by atoms with Crippen LogP contribution in [0.5, 0.6) is 0 Å². The fourth-order valence-corrected chi connectivity index (χ4v) is 1.58. The van der Waals surface area contributed by atoms with Gasteiger partial charge in [-0.15, -0.1) is 0 Å². The summed E-state index contributed by atoms with van der Waals surface area (Å²) in [7, 11) is 0. The highest BCUT2D eigenvalue weighted by molar-refractivity contribution is 6.30. The second-order valence-electron chi connectivity index (χ2n) is 5.96. The maximum absolute atomic E-state index is 6.18. The molecule has 1 aromatic rings. The molecule has 0 spiro atoms. The van der Waals surface area contributed by atoms with Gasteiger partial charge in [0.15, 0.2) is 0 Å². The first kappa shape index (κ1) is 15.2. The fourth-order valence-electron chi connectivity index (χ4n) is 1.41. The van der Waals surface area contributed by atoms with Crippen molar-refractivity contribution in [2.45, 2.75) is 53.4 Å². The summed E-state index contributed by atoms with van der Waals surface area (Å²) in [6, 6.07) is 0. The van der Waals surface area contributed by atoms with Crippen molar-refractivity contribution in [2.24, 2.45) is 5.92 Å². The number of hydrogen-bond donors (Lipinski definition) is 1. The van der Waals surface area contributed by atoms with Crippen LogP contribution in [0.2, 0.25) is 5.15 Å². The monoisotopic (exact) mass is 269 g/mol. The Morgan fingerprint density at radius 2 is 1.89 bits per heavy atom. The van der Waals surface area contributed by atoms with Gasteiger partial charge in [0, 0.05) is 17.5 Å². The Kier molecular flexibility index (Phi) is 4.97. The summed E-state index contributed by atoms with van der Waals surface area (Å²) >= 11 is 6.18. The molecule has 0 aliphatic heterocycles. The summed E-state index contributed by atoms with van der Waals surface area (Å²) in [4.78, 5) is 8.97. The summed E-state index contributed by atoms with van der Waals surface area (Å²) in [6.45, 7) is 13.5. The molecule has 0 radical (unpaired) electrons. The van der Waals surface area contributed by atoms with Crippen LogP contribution in [-0.2, 0) is 5.41 Å². The Morgan fingerprint density at radius 1 is 1.28 bits per heavy atom. The Labute approximate surface area is 115 Å². The first-order chi connectivity index (χ1) is 8.25. The summed E-state index contributed by atoms with van der Waals surface area (Å²) < 4.78 is 0. The minimum absolute atomic E-state index is 0.0931. The van der Waals surface area contributed by atoms with Crippen molar-refractivity contribution >= 4 is 17.4 Å². The highest BCUT2D eigenvalue weighted by atomic mass is 35.5. The zero-order valence-corrected chi connectivity index (χ0v) is 13.0. The molecule has 1 atom stereocenters. The van der Waals surface area contributed by atoms with Crippen molar-refractivity contribution in [1.82, 2.24) is 9.97 Å². The summed E-state index contributed by atoms with van der Waals surface area (Å²) in [5.41, 5.74) is 0.831. The zero-order chi connectivity index (χ0) is 13.9. The molecule has 0 saturated heterocycles. The van der Waals surface area contributed by atoms with Crippen molar-refractivity contribution in [1.29, 1.82) is 0 Å². The van der Waals surface area contributed by atoms with E-state index in [9.17, 15) is 0 Å². The molecule has 1 aromatic heterocycles. The third-order valence-corrected chi connectivity index (χ3v) is 3.44. The van der Waals surface area contributed by atoms with Gasteiger partial charge in [-0.25, -0.2) is 9.97 Å². The summed E-state index contributed by atoms with van der Waals surface area (Å²) in [5, 5.41) is 3.92. The van der Waals surface area contributed by atoms with Crippen molar-refractivity contribution in [3.63, 3.8) is 0 Å². The molecule has 4 heteroatoms. The predicted octanol–water partition coefficient (Wildman–Crippen LogP) is 4.19. The van der Waals surface area contributed by atoms with Crippen molar-refractivity contribution in [3.05, 3.63) is 16.5 Å². The van der Waals surface area contributed by atoms with Crippen LogP contribution in [0.25, 0.3) is 0 Å². The molecular weight excluding hydrogens is 246 g/mol. The molecule has 1 rings (SSSR count). The van der Waals surface area contributed by atoms with Crippen molar-refractivity contribution in [3.8, 4) is 0 Å². The van der Waals surface area contributed by atoms with Gasteiger partial charge < -0.3 is 5.32 Å². The van der Waals surface area contributed by atoms with Gasteiger partial charge in [0.05, 0.1) is 0 Å². The SMILES string of the molecule is CCC(C)CNc1nc(C(C)(C)C)nc(Cl)c1C. The molecule has 0 aliphatic rings. The van der Waals surface area contributed by atoms with E-state index in [-0.39, 0.29) is 5.41 Å². The number of rotatable bonds is 4. The van der Waals surface area contributed by atoms with Crippen LogP contribution < -0.4 is 5.32 Å². The molecule has 1 N–H and O–H groups in total. The van der Waals surface area contributed by atoms with E-state index in [0.717, 1.165) is 30.2 Å². The molecule has 0 saturated carbocycles. The quantitative estimate of drug-likeness (QED) is 0.833. The van der Waals surface area contributed by atoms with Gasteiger partial charge in [0.2, 0.25) is 0 Å². The molecule has 1 heterocycles. The Bertz CT molecular complexity index is 410. The number of anilines is 1. The van der Waals surface area contributed by atoms with E-state index < -0.39 is 0 Å². The lowest BCUT2D eigenvalue weighted by atomic mass is 9.95. The first-order valence-electron chi connectivity index (χ1n) is 6.54. The van der Waals surface area contributed by atoms with Gasteiger partial charge in [-0.1, -0.05) is 52.6 Å². The Hall–Kier alpha value is -0.830. The number of hydrogen-bond acceptors (Lipinski definition) is 3. The van der Waals surface area contributed by atoms with E-state index >= 15 is 0 Å². The van der Waals surface area contributed by atoms with E-state index in [2.05, 4.69) is 49.9 Å². The first-order valence-corrected chi connectivity index (χ1v) is 6.92. The molecular formula is C14H24ClN3. The van der Waals surface area contributed by atoms with Gasteiger partial charge in [0.1, 0.15) is 16.8 Å². The largest absolute Gasteiger partial charge is 0.369 e. The second kappa shape index (κ2) is 5.87. The normalized spacial score (nSPS) is 13.5. The van der Waals surface area contributed by atoms with E-state index in [1.807, 2.05) is 6.92 Å². The van der Waals surface area contributed by atoms with E-state index in [1.54, 1.807) is 0 Å². The minimum Gasteiger partial charge on any atom is -0.369 e. The average molecular weight is 270 g/mol. The maximum Gasteiger partial charge on any atom is 0.137 e. The molecule has 18 heavy (non-hydrogen) atoms. The van der Waals surface area contributed by atoms with E-state index in [1.165, 1.54) is 0 Å². The highest BCUT2D eigenvalue weighted by Crippen LogP contribution is 2.26. The predicted molar refractivity (Wildman–Crippen MR) is 78.4 cm³/mol.